The van der Waals surface area contributed by atoms with E-state index in [1.165, 1.54) is 5.57 Å². The number of hydrogen-bond acceptors (Lipinski definition) is 3. The van der Waals surface area contributed by atoms with E-state index in [-0.39, 0.29) is 22.5 Å². The van der Waals surface area contributed by atoms with E-state index in [2.05, 4.69) is 13.5 Å². The van der Waals surface area contributed by atoms with Crippen molar-refractivity contribution in [3.8, 4) is 0 Å². The minimum absolute atomic E-state index is 0.0291. The maximum absolute atomic E-state index is 12.9. The van der Waals surface area contributed by atoms with Crippen molar-refractivity contribution < 1.29 is 14.7 Å². The molecule has 5 fully saturated rings. The highest BCUT2D eigenvalue weighted by atomic mass is 16.3. The lowest BCUT2D eigenvalue weighted by atomic mass is 9.36. The SMILES string of the molecule is C=C1C[C@]23CC[C@@H]4C(C)(C)[C@H](O)C(=O)C[C@@]4(C)[C@@H]2C[C@@H]1CC3=O. The molecule has 6 atom stereocenters. The monoisotopic (exact) mass is 316 g/mol. The molecule has 0 radical (unpaired) electrons. The van der Waals surface area contributed by atoms with Gasteiger partial charge in [-0.25, -0.2) is 0 Å². The van der Waals surface area contributed by atoms with Crippen LogP contribution in [0.2, 0.25) is 0 Å². The normalized spacial score (nSPS) is 51.4. The summed E-state index contributed by atoms with van der Waals surface area (Å²) >= 11 is 0. The van der Waals surface area contributed by atoms with Crippen LogP contribution in [-0.2, 0) is 9.59 Å². The number of aliphatic hydroxyl groups is 1. The van der Waals surface area contributed by atoms with Gasteiger partial charge in [0.1, 0.15) is 11.9 Å². The fraction of sp³-hybridized carbons (Fsp3) is 0.800. The van der Waals surface area contributed by atoms with Crippen LogP contribution in [0.15, 0.2) is 12.2 Å². The predicted molar refractivity (Wildman–Crippen MR) is 87.7 cm³/mol. The summed E-state index contributed by atoms with van der Waals surface area (Å²) in [6.45, 7) is 10.5. The lowest BCUT2D eigenvalue weighted by Gasteiger charge is -2.67. The van der Waals surface area contributed by atoms with Crippen LogP contribution in [0.3, 0.4) is 0 Å². The van der Waals surface area contributed by atoms with E-state index in [1.807, 2.05) is 13.8 Å². The lowest BCUT2D eigenvalue weighted by Crippen LogP contribution is -2.66. The number of Topliss-reactive ketones (excluding diaryl/α,β-unsaturated/α-hetero) is 2. The molecule has 0 unspecified atom stereocenters. The largest absolute Gasteiger partial charge is 0.385 e. The first-order chi connectivity index (χ1) is 10.6. The van der Waals surface area contributed by atoms with Crippen LogP contribution < -0.4 is 0 Å². The first-order valence-electron chi connectivity index (χ1n) is 9.05. The van der Waals surface area contributed by atoms with Crippen LogP contribution in [0.25, 0.3) is 0 Å². The maximum Gasteiger partial charge on any atom is 0.162 e. The molecule has 126 valence electrons. The topological polar surface area (TPSA) is 54.4 Å². The number of carbonyl (C=O) groups excluding carboxylic acids is 2. The lowest BCUT2D eigenvalue weighted by molar-refractivity contribution is -0.197. The van der Waals surface area contributed by atoms with Crippen molar-refractivity contribution in [2.45, 2.75) is 65.4 Å². The van der Waals surface area contributed by atoms with Crippen LogP contribution in [0, 0.1) is 34.0 Å². The number of fused-ring (bicyclic) bond motifs is 3. The van der Waals surface area contributed by atoms with Gasteiger partial charge in [-0.15, -0.1) is 0 Å². The fourth-order valence-electron chi connectivity index (χ4n) is 7.12. The zero-order chi connectivity index (χ0) is 16.8. The molecule has 23 heavy (non-hydrogen) atoms. The Balaban J connectivity index is 1.82. The smallest absolute Gasteiger partial charge is 0.162 e. The van der Waals surface area contributed by atoms with Crippen molar-refractivity contribution in [1.82, 2.24) is 0 Å². The molecule has 0 aromatic rings. The van der Waals surface area contributed by atoms with E-state index in [0.717, 1.165) is 25.7 Å². The summed E-state index contributed by atoms with van der Waals surface area (Å²) < 4.78 is 0. The molecule has 3 heteroatoms. The second kappa shape index (κ2) is 4.36. The number of aliphatic hydroxyl groups excluding tert-OH is 1. The van der Waals surface area contributed by atoms with E-state index in [4.69, 9.17) is 0 Å². The van der Waals surface area contributed by atoms with E-state index in [1.54, 1.807) is 0 Å². The molecule has 5 rings (SSSR count). The third-order valence-corrected chi connectivity index (χ3v) is 8.23. The fourth-order valence-corrected chi connectivity index (χ4v) is 7.12. The van der Waals surface area contributed by atoms with Gasteiger partial charge in [0, 0.05) is 23.7 Å². The van der Waals surface area contributed by atoms with Gasteiger partial charge >= 0.3 is 0 Å². The Morgan fingerprint density at radius 3 is 2.52 bits per heavy atom. The average molecular weight is 316 g/mol. The van der Waals surface area contributed by atoms with E-state index < -0.39 is 11.5 Å². The molecule has 5 saturated carbocycles. The molecule has 0 aromatic carbocycles. The minimum Gasteiger partial charge on any atom is -0.385 e. The second-order valence-electron chi connectivity index (χ2n) is 9.57. The van der Waals surface area contributed by atoms with Crippen LogP contribution in [-0.4, -0.2) is 22.8 Å². The summed E-state index contributed by atoms with van der Waals surface area (Å²) in [5.74, 6) is 1.29. The zero-order valence-electron chi connectivity index (χ0n) is 14.5. The van der Waals surface area contributed by atoms with Crippen molar-refractivity contribution >= 4 is 11.6 Å². The molecule has 3 nitrogen and oxygen atoms in total. The van der Waals surface area contributed by atoms with Gasteiger partial charge in [-0.05, 0) is 48.9 Å². The third kappa shape index (κ3) is 1.70. The Labute approximate surface area is 138 Å². The van der Waals surface area contributed by atoms with Gasteiger partial charge in [-0.2, -0.15) is 0 Å². The van der Waals surface area contributed by atoms with Crippen LogP contribution in [0.4, 0.5) is 0 Å². The van der Waals surface area contributed by atoms with Crippen molar-refractivity contribution in [2.75, 3.05) is 0 Å². The van der Waals surface area contributed by atoms with Crippen molar-refractivity contribution in [3.05, 3.63) is 12.2 Å². The molecule has 0 saturated heterocycles. The summed E-state index contributed by atoms with van der Waals surface area (Å²) in [7, 11) is 0. The molecular weight excluding hydrogens is 288 g/mol. The highest BCUT2D eigenvalue weighted by molar-refractivity contribution is 5.90. The van der Waals surface area contributed by atoms with Crippen LogP contribution >= 0.6 is 0 Å². The Bertz CT molecular complexity index is 618. The van der Waals surface area contributed by atoms with Gasteiger partial charge in [-0.1, -0.05) is 32.9 Å². The quantitative estimate of drug-likeness (QED) is 0.698. The number of hydrogen-bond donors (Lipinski definition) is 1. The van der Waals surface area contributed by atoms with Gasteiger partial charge in [0.15, 0.2) is 5.78 Å². The molecule has 2 bridgehead atoms. The van der Waals surface area contributed by atoms with Gasteiger partial charge in [0.25, 0.3) is 0 Å². The van der Waals surface area contributed by atoms with Crippen molar-refractivity contribution in [1.29, 1.82) is 0 Å². The second-order valence-corrected chi connectivity index (χ2v) is 9.57. The van der Waals surface area contributed by atoms with Gasteiger partial charge in [0.05, 0.1) is 0 Å². The molecule has 5 aliphatic rings. The van der Waals surface area contributed by atoms with E-state index >= 15 is 0 Å². The zero-order valence-corrected chi connectivity index (χ0v) is 14.5. The van der Waals surface area contributed by atoms with Gasteiger partial charge in [-0.3, -0.25) is 9.59 Å². The van der Waals surface area contributed by atoms with Crippen molar-refractivity contribution in [3.63, 3.8) is 0 Å². The average Bonchev–Trinajstić information content (AvgIpc) is 2.45. The molecule has 0 heterocycles. The van der Waals surface area contributed by atoms with E-state index in [0.29, 0.717) is 30.5 Å². The summed E-state index contributed by atoms with van der Waals surface area (Å²) in [4.78, 5) is 25.4. The maximum atomic E-state index is 12.9. The van der Waals surface area contributed by atoms with Gasteiger partial charge in [0.2, 0.25) is 0 Å². The van der Waals surface area contributed by atoms with Crippen LogP contribution in [0.1, 0.15) is 59.3 Å². The number of carbonyl (C=O) groups is 2. The molecular formula is C20H28O3. The Morgan fingerprint density at radius 1 is 1.13 bits per heavy atom. The number of allylic oxidation sites excluding steroid dienone is 1. The summed E-state index contributed by atoms with van der Waals surface area (Å²) in [6.07, 6.45) is 3.93. The molecule has 0 aromatic heterocycles. The molecule has 0 amide bonds. The Morgan fingerprint density at radius 2 is 1.83 bits per heavy atom. The molecule has 5 aliphatic carbocycles. The standard InChI is InChI=1S/C20H28O3/c1-11-9-20-6-5-14-18(2,3)17(23)13(21)10-19(14,4)15(20)7-12(11)8-16(20)22/h12,14-15,17,23H,1,5-10H2,2-4H3/t12-,14-,15+,17-,19-,20-/m1/s1. The van der Waals surface area contributed by atoms with Crippen molar-refractivity contribution in [2.24, 2.45) is 34.0 Å². The first kappa shape index (κ1) is 15.6. The molecule has 0 aliphatic heterocycles. The Kier molecular flexibility index (Phi) is 2.95. The Hall–Kier alpha value is -0.960. The van der Waals surface area contributed by atoms with E-state index in [9.17, 15) is 14.7 Å². The highest BCUT2D eigenvalue weighted by Crippen LogP contribution is 2.70. The number of rotatable bonds is 0. The summed E-state index contributed by atoms with van der Waals surface area (Å²) in [5.41, 5.74) is 0.426. The molecule has 1 N–H and O–H groups in total. The predicted octanol–water partition coefficient (Wildman–Crippen LogP) is 3.30. The highest BCUT2D eigenvalue weighted by Gasteiger charge is 2.68. The third-order valence-electron chi connectivity index (χ3n) is 8.23. The summed E-state index contributed by atoms with van der Waals surface area (Å²) in [6, 6.07) is 0. The minimum atomic E-state index is -0.860. The summed E-state index contributed by atoms with van der Waals surface area (Å²) in [5, 5.41) is 10.4. The van der Waals surface area contributed by atoms with Crippen LogP contribution in [0.5, 0.6) is 0 Å². The van der Waals surface area contributed by atoms with Gasteiger partial charge < -0.3 is 5.11 Å². The number of ketones is 2. The first-order valence-corrected chi connectivity index (χ1v) is 9.05. The molecule has 1 spiro atoms.